The van der Waals surface area contributed by atoms with Crippen molar-refractivity contribution in [1.82, 2.24) is 14.9 Å². The van der Waals surface area contributed by atoms with Gasteiger partial charge in [-0.15, -0.1) is 0 Å². The van der Waals surface area contributed by atoms with Gasteiger partial charge in [0.2, 0.25) is 5.82 Å². The number of carbonyl (C=O) groups is 2. The van der Waals surface area contributed by atoms with E-state index in [0.717, 1.165) is 17.4 Å². The fourth-order valence-electron chi connectivity index (χ4n) is 4.15. The van der Waals surface area contributed by atoms with Gasteiger partial charge < -0.3 is 15.2 Å². The highest BCUT2D eigenvalue weighted by Gasteiger charge is 2.37. The molecular weight excluding hydrogens is 373 g/mol. The van der Waals surface area contributed by atoms with E-state index in [9.17, 15) is 22.8 Å². The molecule has 0 radical (unpaired) electrons. The Labute approximate surface area is 158 Å². The first kappa shape index (κ1) is 18.5. The van der Waals surface area contributed by atoms with E-state index >= 15 is 0 Å². The number of anilines is 1. The van der Waals surface area contributed by atoms with Crippen molar-refractivity contribution >= 4 is 28.5 Å². The summed E-state index contributed by atoms with van der Waals surface area (Å²) in [5, 5.41) is 5.06. The number of rotatable bonds is 3. The lowest BCUT2D eigenvalue weighted by molar-refractivity contribution is -0.146. The number of benzene rings is 1. The highest BCUT2D eigenvalue weighted by atomic mass is 19.4. The fourth-order valence-corrected chi connectivity index (χ4v) is 4.15. The predicted molar refractivity (Wildman–Crippen MR) is 96.2 cm³/mol. The second-order valence-corrected chi connectivity index (χ2v) is 7.40. The van der Waals surface area contributed by atoms with E-state index in [1.807, 2.05) is 0 Å². The van der Waals surface area contributed by atoms with Crippen molar-refractivity contribution in [2.45, 2.75) is 19.0 Å². The molecule has 2 amide bonds. The molecule has 4 rings (SSSR count). The summed E-state index contributed by atoms with van der Waals surface area (Å²) in [6.45, 7) is 0.436. The van der Waals surface area contributed by atoms with Crippen molar-refractivity contribution in [2.75, 3.05) is 11.9 Å². The first-order valence-corrected chi connectivity index (χ1v) is 9.03. The van der Waals surface area contributed by atoms with Crippen LogP contribution in [-0.4, -0.2) is 27.9 Å². The Balaban J connectivity index is 1.40. The van der Waals surface area contributed by atoms with E-state index in [1.165, 1.54) is 25.2 Å². The Morgan fingerprint density at radius 3 is 2.64 bits per heavy atom. The van der Waals surface area contributed by atoms with Gasteiger partial charge in [0.1, 0.15) is 0 Å². The molecule has 6 nitrogen and oxygen atoms in total. The minimum atomic E-state index is -4.58. The SMILES string of the molecule is Cn1c(C(F)(F)F)nc2cc(NC(=O)C(=O)NC[C@@H]3C[C@@H]4C=C[C@H]3C4)ccc21. The molecular formula is C19H19F3N4O2. The third kappa shape index (κ3) is 3.36. The molecule has 1 heterocycles. The zero-order valence-corrected chi connectivity index (χ0v) is 15.1. The minimum absolute atomic E-state index is 0.0850. The molecule has 1 fully saturated rings. The molecule has 0 unspecified atom stereocenters. The average Bonchev–Trinajstić information content (AvgIpc) is 3.33. The number of fused-ring (bicyclic) bond motifs is 3. The number of imidazole rings is 1. The van der Waals surface area contributed by atoms with Gasteiger partial charge in [0.15, 0.2) is 0 Å². The summed E-state index contributed by atoms with van der Waals surface area (Å²) >= 11 is 0. The largest absolute Gasteiger partial charge is 0.449 e. The standard InChI is InChI=1S/C19H19F3N4O2/c1-26-15-5-4-13(8-14(15)25-18(26)19(20,21)22)24-17(28)16(27)23-9-12-7-10-2-3-11(12)6-10/h2-5,8,10-12H,6-7,9H2,1H3,(H,23,27)(H,24,28)/t10-,11+,12+/m1/s1. The number of halogens is 3. The van der Waals surface area contributed by atoms with E-state index < -0.39 is 23.8 Å². The van der Waals surface area contributed by atoms with E-state index in [-0.39, 0.29) is 16.7 Å². The molecule has 2 N–H and O–H groups in total. The molecule has 9 heteroatoms. The predicted octanol–water partition coefficient (Wildman–Crippen LogP) is 2.86. The molecule has 2 aliphatic carbocycles. The maximum Gasteiger partial charge on any atom is 0.449 e. The van der Waals surface area contributed by atoms with Gasteiger partial charge in [-0.2, -0.15) is 13.2 Å². The number of amides is 2. The van der Waals surface area contributed by atoms with Crippen LogP contribution in [0.1, 0.15) is 18.7 Å². The molecule has 1 saturated carbocycles. The van der Waals surface area contributed by atoms with Crippen LogP contribution in [0, 0.1) is 17.8 Å². The Bertz CT molecular complexity index is 979. The molecule has 2 bridgehead atoms. The minimum Gasteiger partial charge on any atom is -0.348 e. The van der Waals surface area contributed by atoms with Gasteiger partial charge in [0.25, 0.3) is 0 Å². The fraction of sp³-hybridized carbons (Fsp3) is 0.421. The number of allylic oxidation sites excluding steroid dienone is 2. The van der Waals surface area contributed by atoms with Crippen LogP contribution in [0.5, 0.6) is 0 Å². The number of aryl methyl sites for hydroxylation is 1. The molecule has 0 spiro atoms. The van der Waals surface area contributed by atoms with Crippen LogP contribution in [0.4, 0.5) is 18.9 Å². The lowest BCUT2D eigenvalue weighted by atomic mass is 9.94. The first-order chi connectivity index (χ1) is 13.2. The third-order valence-electron chi connectivity index (χ3n) is 5.54. The number of hydrogen-bond acceptors (Lipinski definition) is 3. The van der Waals surface area contributed by atoms with Crippen molar-refractivity contribution in [1.29, 1.82) is 0 Å². The van der Waals surface area contributed by atoms with E-state index in [0.29, 0.717) is 24.3 Å². The molecule has 2 aromatic rings. The van der Waals surface area contributed by atoms with Crippen LogP contribution in [0.15, 0.2) is 30.4 Å². The Hall–Kier alpha value is -2.84. The quantitative estimate of drug-likeness (QED) is 0.623. The van der Waals surface area contributed by atoms with E-state index in [4.69, 9.17) is 0 Å². The molecule has 1 aromatic carbocycles. The van der Waals surface area contributed by atoms with Crippen LogP contribution >= 0.6 is 0 Å². The van der Waals surface area contributed by atoms with Gasteiger partial charge in [-0.1, -0.05) is 12.2 Å². The van der Waals surface area contributed by atoms with Crippen LogP contribution in [0.2, 0.25) is 0 Å². The Kier molecular flexibility index (Phi) is 4.40. The topological polar surface area (TPSA) is 76.0 Å². The number of alkyl halides is 3. The summed E-state index contributed by atoms with van der Waals surface area (Å²) in [4.78, 5) is 27.7. The Morgan fingerprint density at radius 2 is 2.00 bits per heavy atom. The summed E-state index contributed by atoms with van der Waals surface area (Å²) in [7, 11) is 1.27. The highest BCUT2D eigenvalue weighted by molar-refractivity contribution is 6.39. The number of carbonyl (C=O) groups excluding carboxylic acids is 2. The molecule has 0 aliphatic heterocycles. The van der Waals surface area contributed by atoms with Gasteiger partial charge in [-0.05, 0) is 48.8 Å². The highest BCUT2D eigenvalue weighted by Crippen LogP contribution is 2.42. The molecule has 1 aromatic heterocycles. The number of nitrogens with zero attached hydrogens (tertiary/aromatic N) is 2. The molecule has 28 heavy (non-hydrogen) atoms. The summed E-state index contributed by atoms with van der Waals surface area (Å²) in [5.41, 5.74) is 0.572. The van der Waals surface area contributed by atoms with Crippen LogP contribution in [-0.2, 0) is 22.8 Å². The maximum atomic E-state index is 13.0. The van der Waals surface area contributed by atoms with Crippen molar-refractivity contribution in [3.8, 4) is 0 Å². The zero-order valence-electron chi connectivity index (χ0n) is 15.1. The van der Waals surface area contributed by atoms with Gasteiger partial charge in [-0.25, -0.2) is 4.98 Å². The second kappa shape index (κ2) is 6.65. The van der Waals surface area contributed by atoms with Gasteiger partial charge in [-0.3, -0.25) is 9.59 Å². The van der Waals surface area contributed by atoms with Crippen molar-refractivity contribution in [2.24, 2.45) is 24.8 Å². The summed E-state index contributed by atoms with van der Waals surface area (Å²) in [6, 6.07) is 4.18. The zero-order chi connectivity index (χ0) is 20.1. The van der Waals surface area contributed by atoms with Gasteiger partial charge in [0, 0.05) is 19.3 Å². The first-order valence-electron chi connectivity index (χ1n) is 9.03. The van der Waals surface area contributed by atoms with Crippen LogP contribution < -0.4 is 10.6 Å². The maximum absolute atomic E-state index is 13.0. The molecule has 2 aliphatic rings. The third-order valence-corrected chi connectivity index (χ3v) is 5.54. The lowest BCUT2D eigenvalue weighted by Crippen LogP contribution is -2.38. The summed E-state index contributed by atoms with van der Waals surface area (Å²) < 4.78 is 39.8. The van der Waals surface area contributed by atoms with E-state index in [2.05, 4.69) is 27.8 Å². The van der Waals surface area contributed by atoms with Gasteiger partial charge in [0.05, 0.1) is 11.0 Å². The van der Waals surface area contributed by atoms with Crippen molar-refractivity contribution < 1.29 is 22.8 Å². The van der Waals surface area contributed by atoms with Crippen LogP contribution in [0.3, 0.4) is 0 Å². The molecule has 148 valence electrons. The molecule has 3 atom stereocenters. The summed E-state index contributed by atoms with van der Waals surface area (Å²) in [5.74, 6) is -1.26. The van der Waals surface area contributed by atoms with E-state index in [1.54, 1.807) is 0 Å². The summed E-state index contributed by atoms with van der Waals surface area (Å²) in [6.07, 6.45) is 1.92. The second-order valence-electron chi connectivity index (χ2n) is 7.40. The van der Waals surface area contributed by atoms with Crippen molar-refractivity contribution in [3.63, 3.8) is 0 Å². The molecule has 0 saturated heterocycles. The van der Waals surface area contributed by atoms with Crippen LogP contribution in [0.25, 0.3) is 11.0 Å². The van der Waals surface area contributed by atoms with Crippen molar-refractivity contribution in [3.05, 3.63) is 36.2 Å². The number of nitrogens with one attached hydrogen (secondary N) is 2. The average molecular weight is 392 g/mol. The van der Waals surface area contributed by atoms with Gasteiger partial charge >= 0.3 is 18.0 Å². The smallest absolute Gasteiger partial charge is 0.348 e. The number of aromatic nitrogens is 2. The lowest BCUT2D eigenvalue weighted by Gasteiger charge is -2.18. The Morgan fingerprint density at radius 1 is 1.21 bits per heavy atom. The normalized spacial score (nSPS) is 23.4. The monoisotopic (exact) mass is 392 g/mol. The number of hydrogen-bond donors (Lipinski definition) is 2.